The monoisotopic (exact) mass is 478 g/mol. The number of likely N-dealkylation sites (tertiary alicyclic amines) is 1. The molecule has 1 aliphatic carbocycles. The van der Waals surface area contributed by atoms with Crippen LogP contribution < -0.4 is 0 Å². The molecule has 1 unspecified atom stereocenters. The van der Waals surface area contributed by atoms with E-state index in [2.05, 4.69) is 18.7 Å². The molecule has 1 amide bonds. The van der Waals surface area contributed by atoms with E-state index in [9.17, 15) is 18.0 Å². The first-order valence-electron chi connectivity index (χ1n) is 13.0. The molecule has 3 fully saturated rings. The van der Waals surface area contributed by atoms with Crippen LogP contribution in [0.4, 0.5) is 13.2 Å². The van der Waals surface area contributed by atoms with Crippen molar-refractivity contribution >= 4 is 5.91 Å². The fourth-order valence-electron chi connectivity index (χ4n) is 7.17. The van der Waals surface area contributed by atoms with E-state index >= 15 is 0 Å². The molecule has 1 aromatic carbocycles. The average Bonchev–Trinajstić information content (AvgIpc) is 3.28. The number of rotatable bonds is 3. The maximum atomic E-state index is 14.0. The summed E-state index contributed by atoms with van der Waals surface area (Å²) in [4.78, 5) is 18.6. The molecule has 3 aliphatic heterocycles. The molecule has 0 spiro atoms. The molecule has 0 aromatic heterocycles. The second kappa shape index (κ2) is 9.12. The largest absolute Gasteiger partial charge is 0.416 e. The quantitative estimate of drug-likeness (QED) is 0.592. The Balaban J connectivity index is 1.34. The number of piperidine rings is 1. The van der Waals surface area contributed by atoms with E-state index < -0.39 is 17.2 Å². The molecule has 7 heteroatoms. The number of fused-ring (bicyclic) bond motifs is 2. The maximum absolute atomic E-state index is 14.0. The summed E-state index contributed by atoms with van der Waals surface area (Å²) in [5.74, 6) is 0.949. The van der Waals surface area contributed by atoms with Crippen LogP contribution in [0.1, 0.15) is 69.1 Å². The van der Waals surface area contributed by atoms with Gasteiger partial charge in [-0.15, -0.1) is 0 Å². The lowest BCUT2D eigenvalue weighted by Gasteiger charge is -2.47. The molecule has 2 saturated heterocycles. The van der Waals surface area contributed by atoms with E-state index in [1.807, 2.05) is 4.90 Å². The zero-order valence-electron chi connectivity index (χ0n) is 20.4. The van der Waals surface area contributed by atoms with Crippen molar-refractivity contribution < 1.29 is 22.7 Å². The van der Waals surface area contributed by atoms with E-state index in [-0.39, 0.29) is 18.4 Å². The fraction of sp³-hybridized carbons (Fsp3) is 0.741. The Labute approximate surface area is 200 Å². The van der Waals surface area contributed by atoms with Crippen LogP contribution in [0.2, 0.25) is 0 Å². The molecule has 4 nitrogen and oxygen atoms in total. The zero-order chi connectivity index (χ0) is 24.1. The molecule has 3 heterocycles. The molecule has 4 atom stereocenters. The van der Waals surface area contributed by atoms with E-state index in [4.69, 9.17) is 4.74 Å². The molecule has 4 aliphatic rings. The molecule has 5 rings (SSSR count). The highest BCUT2D eigenvalue weighted by molar-refractivity contribution is 5.84. The summed E-state index contributed by atoms with van der Waals surface area (Å²) < 4.78 is 45.6. The van der Waals surface area contributed by atoms with E-state index in [0.29, 0.717) is 36.5 Å². The fourth-order valence-corrected chi connectivity index (χ4v) is 7.17. The molecule has 0 N–H and O–H groups in total. The smallest absolute Gasteiger partial charge is 0.381 e. The predicted octanol–water partition coefficient (Wildman–Crippen LogP) is 5.29. The van der Waals surface area contributed by atoms with Crippen LogP contribution in [0.3, 0.4) is 0 Å². The highest BCUT2D eigenvalue weighted by Crippen LogP contribution is 2.49. The highest BCUT2D eigenvalue weighted by Gasteiger charge is 2.52. The lowest BCUT2D eigenvalue weighted by atomic mass is 9.73. The lowest BCUT2D eigenvalue weighted by Crippen LogP contribution is -2.54. The van der Waals surface area contributed by atoms with Gasteiger partial charge < -0.3 is 9.64 Å². The van der Waals surface area contributed by atoms with Crippen molar-refractivity contribution in [2.75, 3.05) is 26.3 Å². The molecule has 1 saturated carbocycles. The first-order chi connectivity index (χ1) is 16.2. The Morgan fingerprint density at radius 2 is 1.97 bits per heavy atom. The number of carbonyl (C=O) groups is 1. The lowest BCUT2D eigenvalue weighted by molar-refractivity contribution is -0.146. The second-order valence-electron chi connectivity index (χ2n) is 11.2. The Morgan fingerprint density at radius 3 is 2.74 bits per heavy atom. The number of alkyl halides is 3. The summed E-state index contributed by atoms with van der Waals surface area (Å²) in [5, 5.41) is 0. The number of halogens is 3. The topological polar surface area (TPSA) is 32.8 Å². The number of nitrogens with zero attached hydrogens (tertiary/aromatic N) is 2. The van der Waals surface area contributed by atoms with E-state index in [1.165, 1.54) is 18.9 Å². The molecule has 1 aromatic rings. The van der Waals surface area contributed by atoms with E-state index in [0.717, 1.165) is 57.1 Å². The number of ether oxygens (including phenoxy) is 1. The third-order valence-electron chi connectivity index (χ3n) is 9.21. The predicted molar refractivity (Wildman–Crippen MR) is 124 cm³/mol. The van der Waals surface area contributed by atoms with Gasteiger partial charge in [-0.2, -0.15) is 13.2 Å². The van der Waals surface area contributed by atoms with Crippen LogP contribution >= 0.6 is 0 Å². The van der Waals surface area contributed by atoms with Gasteiger partial charge in [0.15, 0.2) is 0 Å². The van der Waals surface area contributed by atoms with Gasteiger partial charge in [0.25, 0.3) is 0 Å². The van der Waals surface area contributed by atoms with Crippen LogP contribution in [-0.4, -0.2) is 54.1 Å². The molecule has 0 bridgehead atoms. The maximum Gasteiger partial charge on any atom is 0.416 e. The second-order valence-corrected chi connectivity index (χ2v) is 11.2. The number of hydrogen-bond donors (Lipinski definition) is 0. The number of carbonyl (C=O) groups excluding carboxylic acids is 1. The molecular formula is C27H37F3N2O2. The molecule has 34 heavy (non-hydrogen) atoms. The van der Waals surface area contributed by atoms with Gasteiger partial charge in [0.05, 0.1) is 17.6 Å². The summed E-state index contributed by atoms with van der Waals surface area (Å²) in [7, 11) is 0. The highest BCUT2D eigenvalue weighted by atomic mass is 19.4. The minimum absolute atomic E-state index is 0.147. The van der Waals surface area contributed by atoms with Crippen molar-refractivity contribution in [1.29, 1.82) is 0 Å². The first-order valence-corrected chi connectivity index (χ1v) is 13.0. The van der Waals surface area contributed by atoms with Crippen LogP contribution in [0, 0.1) is 17.3 Å². The average molecular weight is 479 g/mol. The third kappa shape index (κ3) is 4.27. The number of amides is 1. The third-order valence-corrected chi connectivity index (χ3v) is 9.21. The zero-order valence-corrected chi connectivity index (χ0v) is 20.4. The van der Waals surface area contributed by atoms with Gasteiger partial charge in [-0.1, -0.05) is 19.9 Å². The Kier molecular flexibility index (Phi) is 6.47. The minimum Gasteiger partial charge on any atom is -0.381 e. The summed E-state index contributed by atoms with van der Waals surface area (Å²) in [6.07, 6.45) is 2.50. The first kappa shape index (κ1) is 24.1. The van der Waals surface area contributed by atoms with E-state index in [1.54, 1.807) is 6.07 Å². The van der Waals surface area contributed by atoms with Crippen LogP contribution in [-0.2, 0) is 28.7 Å². The van der Waals surface area contributed by atoms with Gasteiger partial charge in [0.1, 0.15) is 0 Å². The Bertz CT molecular complexity index is 916. The SMILES string of the molecule is CC(C)[C@]1(C(=O)N2CCc3ccc(C(F)(F)F)cc3C2)CC[C@@H](N2CCCC3COCC[C@@H]32)C1. The Morgan fingerprint density at radius 1 is 1.15 bits per heavy atom. The van der Waals surface area contributed by atoms with Crippen LogP contribution in [0.5, 0.6) is 0 Å². The Hall–Kier alpha value is -1.60. The molecule has 0 radical (unpaired) electrons. The van der Waals surface area contributed by atoms with Crippen molar-refractivity contribution in [1.82, 2.24) is 9.80 Å². The van der Waals surface area contributed by atoms with Gasteiger partial charge in [0, 0.05) is 31.8 Å². The van der Waals surface area contributed by atoms with Gasteiger partial charge in [-0.3, -0.25) is 9.69 Å². The van der Waals surface area contributed by atoms with Crippen molar-refractivity contribution in [3.05, 3.63) is 34.9 Å². The van der Waals surface area contributed by atoms with Gasteiger partial charge in [0.2, 0.25) is 5.91 Å². The number of benzene rings is 1. The van der Waals surface area contributed by atoms with Crippen molar-refractivity contribution in [2.45, 2.75) is 83.6 Å². The van der Waals surface area contributed by atoms with Gasteiger partial charge >= 0.3 is 6.18 Å². The summed E-state index contributed by atoms with van der Waals surface area (Å²) in [6, 6.07) is 4.97. The normalized spacial score (nSPS) is 32.5. The van der Waals surface area contributed by atoms with Crippen LogP contribution in [0.15, 0.2) is 18.2 Å². The number of hydrogen-bond acceptors (Lipinski definition) is 3. The van der Waals surface area contributed by atoms with Crippen molar-refractivity contribution in [3.63, 3.8) is 0 Å². The van der Waals surface area contributed by atoms with Gasteiger partial charge in [-0.05, 0) is 86.6 Å². The van der Waals surface area contributed by atoms with Crippen molar-refractivity contribution in [3.8, 4) is 0 Å². The standard InChI is InChI=1S/C27H37F3N2O2/c1-18(2)26(10-7-23(15-26)32-11-3-4-20-17-34-13-9-24(20)32)25(33)31-12-8-19-5-6-22(27(28,29)30)14-21(19)16-31/h5-6,14,18,20,23-24H,3-4,7-13,15-17H2,1-2H3/t20?,23-,24+,26+/m1/s1. The molecule has 188 valence electrons. The van der Waals surface area contributed by atoms with Crippen LogP contribution in [0.25, 0.3) is 0 Å². The summed E-state index contributed by atoms with van der Waals surface area (Å²) >= 11 is 0. The summed E-state index contributed by atoms with van der Waals surface area (Å²) in [5.41, 5.74) is 0.515. The van der Waals surface area contributed by atoms with Gasteiger partial charge in [-0.25, -0.2) is 0 Å². The molecular weight excluding hydrogens is 441 g/mol. The summed E-state index contributed by atoms with van der Waals surface area (Å²) in [6.45, 7) is 7.94. The minimum atomic E-state index is -4.37. The van der Waals surface area contributed by atoms with Crippen molar-refractivity contribution in [2.24, 2.45) is 17.3 Å².